The molecule has 1 heterocycles. The zero-order chi connectivity index (χ0) is 14.2. The molecule has 0 saturated carbocycles. The fourth-order valence-corrected chi connectivity index (χ4v) is 2.82. The third-order valence-corrected chi connectivity index (χ3v) is 5.07. The average Bonchev–Trinajstić information content (AvgIpc) is 2.74. The van der Waals surface area contributed by atoms with Crippen LogP contribution in [-0.4, -0.2) is 19.9 Å². The first-order chi connectivity index (χ1) is 8.84. The van der Waals surface area contributed by atoms with Crippen LogP contribution in [0.1, 0.15) is 18.7 Å². The summed E-state index contributed by atoms with van der Waals surface area (Å²) in [5, 5.41) is 0.576. The third-order valence-electron chi connectivity index (χ3n) is 3.15. The highest BCUT2D eigenvalue weighted by Gasteiger charge is 2.29. The number of hydrogen-bond acceptors (Lipinski definition) is 5. The molecule has 7 heteroatoms. The van der Waals surface area contributed by atoms with E-state index in [0.717, 1.165) is 11.6 Å². The molecular formula is C12H15ClN2O3S. The van der Waals surface area contributed by atoms with Crippen LogP contribution in [0.4, 0.5) is 0 Å². The van der Waals surface area contributed by atoms with Gasteiger partial charge in [-0.1, -0.05) is 23.7 Å². The number of sulfone groups is 1. The molecule has 2 unspecified atom stereocenters. The molecule has 0 spiro atoms. The Hall–Kier alpha value is -1.08. The summed E-state index contributed by atoms with van der Waals surface area (Å²) in [6, 6.07) is 6.47. The molecule has 0 radical (unpaired) electrons. The molecule has 0 saturated heterocycles. The number of halogens is 1. The summed E-state index contributed by atoms with van der Waals surface area (Å²) in [5.41, 5.74) is 3.02. The van der Waals surface area contributed by atoms with E-state index in [0.29, 0.717) is 16.4 Å². The molecule has 2 atom stereocenters. The van der Waals surface area contributed by atoms with E-state index in [2.05, 4.69) is 5.43 Å². The molecular weight excluding hydrogens is 288 g/mol. The Morgan fingerprint density at radius 2 is 2.11 bits per heavy atom. The van der Waals surface area contributed by atoms with Crippen molar-refractivity contribution < 1.29 is 12.8 Å². The summed E-state index contributed by atoms with van der Waals surface area (Å²) in [4.78, 5) is 0. The van der Waals surface area contributed by atoms with E-state index in [1.165, 1.54) is 0 Å². The fraction of sp³-hybridized carbons (Fsp3) is 0.333. The largest absolute Gasteiger partial charge is 0.458 e. The molecule has 5 nitrogen and oxygen atoms in total. The first kappa shape index (κ1) is 14.3. The molecule has 0 fully saturated rings. The second kappa shape index (κ2) is 5.13. The van der Waals surface area contributed by atoms with Crippen LogP contribution in [0.5, 0.6) is 0 Å². The zero-order valence-electron chi connectivity index (χ0n) is 10.6. The summed E-state index contributed by atoms with van der Waals surface area (Å²) >= 11 is 6.02. The zero-order valence-corrected chi connectivity index (χ0v) is 12.1. The van der Waals surface area contributed by atoms with Crippen molar-refractivity contribution in [2.45, 2.75) is 18.2 Å². The molecule has 0 amide bonds. The highest BCUT2D eigenvalue weighted by Crippen LogP contribution is 2.31. The van der Waals surface area contributed by atoms with Crippen LogP contribution in [0.25, 0.3) is 11.0 Å². The van der Waals surface area contributed by atoms with E-state index in [-0.39, 0.29) is 0 Å². The lowest BCUT2D eigenvalue weighted by Crippen LogP contribution is -2.38. The minimum Gasteiger partial charge on any atom is -0.458 e. The summed E-state index contributed by atoms with van der Waals surface area (Å²) < 4.78 is 28.9. The van der Waals surface area contributed by atoms with Crippen molar-refractivity contribution in [3.8, 4) is 0 Å². The Morgan fingerprint density at radius 1 is 1.42 bits per heavy atom. The Labute approximate surface area is 116 Å². The van der Waals surface area contributed by atoms with E-state index in [9.17, 15) is 8.42 Å². The van der Waals surface area contributed by atoms with Gasteiger partial charge < -0.3 is 4.42 Å². The Bertz CT molecular complexity index is 696. The van der Waals surface area contributed by atoms with Gasteiger partial charge in [-0.3, -0.25) is 5.84 Å². The highest BCUT2D eigenvalue weighted by molar-refractivity contribution is 7.91. The van der Waals surface area contributed by atoms with Gasteiger partial charge in [0.1, 0.15) is 5.76 Å². The minimum atomic E-state index is -3.25. The van der Waals surface area contributed by atoms with Crippen LogP contribution in [-0.2, 0) is 9.84 Å². The van der Waals surface area contributed by atoms with Crippen LogP contribution in [0.2, 0.25) is 5.02 Å². The van der Waals surface area contributed by atoms with Crippen molar-refractivity contribution in [3.63, 3.8) is 0 Å². The van der Waals surface area contributed by atoms with Gasteiger partial charge in [0.05, 0.1) is 16.3 Å². The van der Waals surface area contributed by atoms with Gasteiger partial charge >= 0.3 is 0 Å². The second-order valence-electron chi connectivity index (χ2n) is 4.49. The molecule has 1 aromatic heterocycles. The number of nitrogens with two attached hydrogens (primary N) is 1. The number of hydrogen-bond donors (Lipinski definition) is 2. The third kappa shape index (κ3) is 2.76. The first-order valence-corrected chi connectivity index (χ1v) is 8.01. The van der Waals surface area contributed by atoms with Crippen LogP contribution < -0.4 is 11.3 Å². The predicted molar refractivity (Wildman–Crippen MR) is 75.6 cm³/mol. The van der Waals surface area contributed by atoms with Crippen molar-refractivity contribution in [2.75, 3.05) is 6.26 Å². The van der Waals surface area contributed by atoms with Gasteiger partial charge in [-0.05, 0) is 19.1 Å². The quantitative estimate of drug-likeness (QED) is 0.666. The van der Waals surface area contributed by atoms with Gasteiger partial charge in [0.2, 0.25) is 0 Å². The maximum Gasteiger partial charge on any atom is 0.152 e. The second-order valence-corrected chi connectivity index (χ2v) is 7.30. The van der Waals surface area contributed by atoms with E-state index in [1.807, 2.05) is 6.07 Å². The first-order valence-electron chi connectivity index (χ1n) is 5.67. The molecule has 0 aliphatic rings. The Morgan fingerprint density at radius 3 is 2.63 bits per heavy atom. The average molecular weight is 303 g/mol. The monoisotopic (exact) mass is 302 g/mol. The Kier molecular flexibility index (Phi) is 3.87. The maximum atomic E-state index is 11.6. The molecule has 3 N–H and O–H groups in total. The number of benzene rings is 1. The van der Waals surface area contributed by atoms with E-state index in [4.69, 9.17) is 21.9 Å². The molecule has 19 heavy (non-hydrogen) atoms. The van der Waals surface area contributed by atoms with Crippen molar-refractivity contribution in [1.29, 1.82) is 0 Å². The van der Waals surface area contributed by atoms with Crippen LogP contribution in [0, 0.1) is 0 Å². The van der Waals surface area contributed by atoms with Gasteiger partial charge in [-0.2, -0.15) is 0 Å². The minimum absolute atomic E-state index is 0.448. The number of para-hydroxylation sites is 1. The molecule has 104 valence electrons. The molecule has 2 rings (SSSR count). The van der Waals surface area contributed by atoms with Crippen molar-refractivity contribution in [2.24, 2.45) is 5.84 Å². The smallest absolute Gasteiger partial charge is 0.152 e. The summed E-state index contributed by atoms with van der Waals surface area (Å²) in [5.74, 6) is 5.90. The van der Waals surface area contributed by atoms with Crippen LogP contribution in [0.3, 0.4) is 0 Å². The Balaban J connectivity index is 2.50. The molecule has 0 bridgehead atoms. The topological polar surface area (TPSA) is 85.3 Å². The van der Waals surface area contributed by atoms with Gasteiger partial charge in [0.15, 0.2) is 15.4 Å². The van der Waals surface area contributed by atoms with Crippen molar-refractivity contribution >= 4 is 32.4 Å². The number of furan rings is 1. The van der Waals surface area contributed by atoms with Gasteiger partial charge in [0.25, 0.3) is 0 Å². The summed E-state index contributed by atoms with van der Waals surface area (Å²) in [6.45, 7) is 1.58. The summed E-state index contributed by atoms with van der Waals surface area (Å²) in [7, 11) is -3.25. The van der Waals surface area contributed by atoms with Crippen LogP contribution >= 0.6 is 11.6 Å². The van der Waals surface area contributed by atoms with Crippen molar-refractivity contribution in [1.82, 2.24) is 5.43 Å². The summed E-state index contributed by atoms with van der Waals surface area (Å²) in [6.07, 6.45) is 1.16. The number of fused-ring (bicyclic) bond motifs is 1. The maximum absolute atomic E-state index is 11.6. The fourth-order valence-electron chi connectivity index (χ4n) is 1.90. The predicted octanol–water partition coefficient (Wildman–Crippen LogP) is 2.02. The highest BCUT2D eigenvalue weighted by atomic mass is 35.5. The SMILES string of the molecule is CC(C(NN)c1cc2cccc(Cl)c2o1)S(C)(=O)=O. The lowest BCUT2D eigenvalue weighted by Gasteiger charge is -2.19. The lowest BCUT2D eigenvalue weighted by atomic mass is 10.1. The molecule has 0 aliphatic carbocycles. The number of rotatable bonds is 4. The normalized spacial score (nSPS) is 15.6. The van der Waals surface area contributed by atoms with Crippen molar-refractivity contribution in [3.05, 3.63) is 35.0 Å². The van der Waals surface area contributed by atoms with Gasteiger partial charge in [-0.25, -0.2) is 13.8 Å². The van der Waals surface area contributed by atoms with Gasteiger partial charge in [0, 0.05) is 11.6 Å². The number of nitrogens with one attached hydrogen (secondary N) is 1. The standard InChI is InChI=1S/C12H15ClN2O3S/c1-7(19(2,16)17)11(15-14)10-6-8-4-3-5-9(13)12(8)18-10/h3-7,11,15H,14H2,1-2H3. The van der Waals surface area contributed by atoms with Crippen LogP contribution in [0.15, 0.2) is 28.7 Å². The van der Waals surface area contributed by atoms with E-state index in [1.54, 1.807) is 25.1 Å². The number of hydrazine groups is 1. The van der Waals surface area contributed by atoms with E-state index >= 15 is 0 Å². The van der Waals surface area contributed by atoms with E-state index < -0.39 is 21.1 Å². The van der Waals surface area contributed by atoms with Gasteiger partial charge in [-0.15, -0.1) is 0 Å². The molecule has 1 aromatic carbocycles. The lowest BCUT2D eigenvalue weighted by molar-refractivity contribution is 0.424. The molecule has 0 aliphatic heterocycles. The molecule has 2 aromatic rings.